The topological polar surface area (TPSA) is 61.9 Å². The Hall–Kier alpha value is -2.93. The van der Waals surface area contributed by atoms with E-state index in [-0.39, 0.29) is 23.9 Å². The number of ether oxygens (including phenoxy) is 1. The average molecular weight is 383 g/mol. The molecule has 28 heavy (non-hydrogen) atoms. The van der Waals surface area contributed by atoms with E-state index >= 15 is 0 Å². The lowest BCUT2D eigenvalue weighted by Crippen LogP contribution is -2.44. The van der Waals surface area contributed by atoms with Gasteiger partial charge in [-0.15, -0.1) is 0 Å². The van der Waals surface area contributed by atoms with Gasteiger partial charge in [-0.2, -0.15) is 0 Å². The summed E-state index contributed by atoms with van der Waals surface area (Å²) in [7, 11) is 0. The first kappa shape index (κ1) is 18.4. The standard InChI is InChI=1S/C21H22FN3O3/c22-16-9-7-15(8-10-16)19-14-24(12-13-28-19)21(27)23-17-4-1-2-5-18(17)25-11-3-6-20(25)26/h1-2,4-5,7-10,19H,3,6,11-14H2,(H,23,27). The van der Waals surface area contributed by atoms with Crippen LogP contribution in [0, 0.1) is 5.82 Å². The zero-order valence-electron chi connectivity index (χ0n) is 15.4. The molecule has 4 rings (SSSR count). The highest BCUT2D eigenvalue weighted by Crippen LogP contribution is 2.30. The minimum atomic E-state index is -0.303. The highest BCUT2D eigenvalue weighted by atomic mass is 19.1. The highest BCUT2D eigenvalue weighted by Gasteiger charge is 2.28. The number of carbonyl (C=O) groups is 2. The van der Waals surface area contributed by atoms with E-state index in [1.54, 1.807) is 28.0 Å². The lowest BCUT2D eigenvalue weighted by molar-refractivity contribution is -0.117. The maximum Gasteiger partial charge on any atom is 0.322 e. The van der Waals surface area contributed by atoms with Crippen molar-refractivity contribution in [2.24, 2.45) is 0 Å². The number of rotatable bonds is 3. The number of amides is 3. The highest BCUT2D eigenvalue weighted by molar-refractivity contribution is 6.01. The molecule has 2 heterocycles. The molecule has 7 heteroatoms. The molecule has 146 valence electrons. The Morgan fingerprint density at radius 2 is 1.89 bits per heavy atom. The third kappa shape index (κ3) is 3.84. The van der Waals surface area contributed by atoms with E-state index < -0.39 is 0 Å². The molecule has 0 radical (unpaired) electrons. The van der Waals surface area contributed by atoms with Gasteiger partial charge in [0, 0.05) is 19.5 Å². The summed E-state index contributed by atoms with van der Waals surface area (Å²) in [5, 5.41) is 2.94. The van der Waals surface area contributed by atoms with Crippen molar-refractivity contribution >= 4 is 23.3 Å². The largest absolute Gasteiger partial charge is 0.370 e. The molecule has 1 atom stereocenters. The summed E-state index contributed by atoms with van der Waals surface area (Å²) in [5.74, 6) is -0.230. The second-order valence-electron chi connectivity index (χ2n) is 6.95. The molecule has 6 nitrogen and oxygen atoms in total. The molecule has 1 unspecified atom stereocenters. The minimum absolute atomic E-state index is 0.0736. The van der Waals surface area contributed by atoms with E-state index in [1.807, 2.05) is 18.2 Å². The van der Waals surface area contributed by atoms with Crippen molar-refractivity contribution in [3.8, 4) is 0 Å². The van der Waals surface area contributed by atoms with Crippen LogP contribution in [0.25, 0.3) is 0 Å². The van der Waals surface area contributed by atoms with Crippen molar-refractivity contribution in [3.05, 3.63) is 59.9 Å². The lowest BCUT2D eigenvalue weighted by atomic mass is 10.1. The van der Waals surface area contributed by atoms with Gasteiger partial charge in [0.05, 0.1) is 24.5 Å². The third-order valence-electron chi connectivity index (χ3n) is 5.11. The molecule has 2 saturated heterocycles. The molecule has 2 aromatic carbocycles. The molecule has 0 saturated carbocycles. The number of urea groups is 1. The van der Waals surface area contributed by atoms with Crippen molar-refractivity contribution in [2.75, 3.05) is 36.5 Å². The van der Waals surface area contributed by atoms with Gasteiger partial charge < -0.3 is 19.9 Å². The summed E-state index contributed by atoms with van der Waals surface area (Å²) in [6, 6.07) is 13.2. The Balaban J connectivity index is 1.46. The van der Waals surface area contributed by atoms with Crippen LogP contribution in [-0.4, -0.2) is 43.1 Å². The zero-order chi connectivity index (χ0) is 19.5. The SMILES string of the molecule is O=C(Nc1ccccc1N1CCCC1=O)N1CCOC(c2ccc(F)cc2)C1. The number of anilines is 2. The van der Waals surface area contributed by atoms with Crippen molar-refractivity contribution < 1.29 is 18.7 Å². The second-order valence-corrected chi connectivity index (χ2v) is 6.95. The van der Waals surface area contributed by atoms with Gasteiger partial charge in [-0.3, -0.25) is 4.79 Å². The number of nitrogens with zero attached hydrogens (tertiary/aromatic N) is 2. The van der Waals surface area contributed by atoms with Gasteiger partial charge in [-0.05, 0) is 36.2 Å². The molecule has 1 N–H and O–H groups in total. The molecule has 0 bridgehead atoms. The first-order chi connectivity index (χ1) is 13.6. The summed E-state index contributed by atoms with van der Waals surface area (Å²) in [6.07, 6.45) is 1.06. The Kier molecular flexibility index (Phi) is 5.25. The Labute approximate surface area is 162 Å². The van der Waals surface area contributed by atoms with Crippen molar-refractivity contribution in [1.82, 2.24) is 4.90 Å². The Bertz CT molecular complexity index is 871. The third-order valence-corrected chi connectivity index (χ3v) is 5.11. The van der Waals surface area contributed by atoms with Crippen LogP contribution in [0.4, 0.5) is 20.6 Å². The van der Waals surface area contributed by atoms with Gasteiger partial charge >= 0.3 is 6.03 Å². The number of nitrogens with one attached hydrogen (secondary N) is 1. The van der Waals surface area contributed by atoms with Gasteiger partial charge in [0.2, 0.25) is 5.91 Å². The van der Waals surface area contributed by atoms with Crippen molar-refractivity contribution in [2.45, 2.75) is 18.9 Å². The molecule has 0 aromatic heterocycles. The summed E-state index contributed by atoms with van der Waals surface area (Å²) >= 11 is 0. The summed E-state index contributed by atoms with van der Waals surface area (Å²) < 4.78 is 18.9. The van der Waals surface area contributed by atoms with Crippen LogP contribution in [0.1, 0.15) is 24.5 Å². The maximum absolute atomic E-state index is 13.2. The fraction of sp³-hybridized carbons (Fsp3) is 0.333. The van der Waals surface area contributed by atoms with E-state index in [4.69, 9.17) is 4.74 Å². The predicted octanol–water partition coefficient (Wildman–Crippen LogP) is 3.56. The Morgan fingerprint density at radius 1 is 1.11 bits per heavy atom. The van der Waals surface area contributed by atoms with Crippen LogP contribution in [0.5, 0.6) is 0 Å². The molecule has 2 fully saturated rings. The number of benzene rings is 2. The fourth-order valence-electron chi connectivity index (χ4n) is 3.62. The minimum Gasteiger partial charge on any atom is -0.370 e. The van der Waals surface area contributed by atoms with Crippen LogP contribution in [0.2, 0.25) is 0 Å². The summed E-state index contributed by atoms with van der Waals surface area (Å²) in [4.78, 5) is 28.3. The summed E-state index contributed by atoms with van der Waals surface area (Å²) in [5.41, 5.74) is 2.18. The van der Waals surface area contributed by atoms with E-state index in [1.165, 1.54) is 12.1 Å². The number of hydrogen-bond donors (Lipinski definition) is 1. The van der Waals surface area contributed by atoms with Gasteiger partial charge in [0.15, 0.2) is 0 Å². The maximum atomic E-state index is 13.2. The van der Waals surface area contributed by atoms with Gasteiger partial charge in [0.25, 0.3) is 0 Å². The van der Waals surface area contributed by atoms with Crippen LogP contribution >= 0.6 is 0 Å². The van der Waals surface area contributed by atoms with Gasteiger partial charge in [0.1, 0.15) is 11.9 Å². The molecule has 0 spiro atoms. The smallest absolute Gasteiger partial charge is 0.322 e. The molecular formula is C21H22FN3O3. The first-order valence-corrected chi connectivity index (χ1v) is 9.44. The fourth-order valence-corrected chi connectivity index (χ4v) is 3.62. The van der Waals surface area contributed by atoms with Crippen LogP contribution in [-0.2, 0) is 9.53 Å². The number of carbonyl (C=O) groups excluding carboxylic acids is 2. The molecule has 3 amide bonds. The lowest BCUT2D eigenvalue weighted by Gasteiger charge is -2.33. The first-order valence-electron chi connectivity index (χ1n) is 9.44. The van der Waals surface area contributed by atoms with Crippen LogP contribution in [0.15, 0.2) is 48.5 Å². The average Bonchev–Trinajstić information content (AvgIpc) is 3.15. The van der Waals surface area contributed by atoms with Gasteiger partial charge in [-0.1, -0.05) is 24.3 Å². The van der Waals surface area contributed by atoms with Crippen molar-refractivity contribution in [3.63, 3.8) is 0 Å². The molecular weight excluding hydrogens is 361 g/mol. The predicted molar refractivity (Wildman–Crippen MR) is 104 cm³/mol. The molecule has 2 aromatic rings. The normalized spacial score (nSPS) is 19.8. The molecule has 2 aliphatic heterocycles. The Morgan fingerprint density at radius 3 is 2.64 bits per heavy atom. The second kappa shape index (κ2) is 7.98. The van der Waals surface area contributed by atoms with E-state index in [0.717, 1.165) is 17.7 Å². The quantitative estimate of drug-likeness (QED) is 0.882. The summed E-state index contributed by atoms with van der Waals surface area (Å²) in [6.45, 7) is 1.91. The van der Waals surface area contributed by atoms with Crippen LogP contribution < -0.4 is 10.2 Å². The number of halogens is 1. The van der Waals surface area contributed by atoms with E-state index in [9.17, 15) is 14.0 Å². The monoisotopic (exact) mass is 383 g/mol. The number of para-hydroxylation sites is 2. The zero-order valence-corrected chi connectivity index (χ0v) is 15.4. The molecule has 2 aliphatic rings. The van der Waals surface area contributed by atoms with Crippen molar-refractivity contribution in [1.29, 1.82) is 0 Å². The molecule has 0 aliphatic carbocycles. The van der Waals surface area contributed by atoms with E-state index in [2.05, 4.69) is 5.32 Å². The number of hydrogen-bond acceptors (Lipinski definition) is 3. The van der Waals surface area contributed by atoms with E-state index in [0.29, 0.717) is 38.3 Å². The van der Waals surface area contributed by atoms with Gasteiger partial charge in [-0.25, -0.2) is 9.18 Å². The number of morpholine rings is 1. The van der Waals surface area contributed by atoms with Crippen LogP contribution in [0.3, 0.4) is 0 Å².